The molecule has 0 bridgehead atoms. The van der Waals surface area contributed by atoms with Crippen LogP contribution in [-0.2, 0) is 0 Å². The van der Waals surface area contributed by atoms with Crippen molar-refractivity contribution in [3.8, 4) is 11.8 Å². The van der Waals surface area contributed by atoms with Crippen molar-refractivity contribution < 1.29 is 0 Å². The van der Waals surface area contributed by atoms with Crippen LogP contribution in [0.2, 0.25) is 0 Å². The molecule has 0 aliphatic rings. The van der Waals surface area contributed by atoms with E-state index in [0.717, 1.165) is 5.82 Å². The number of pyridine rings is 1. The molecule has 0 amide bonds. The summed E-state index contributed by atoms with van der Waals surface area (Å²) in [7, 11) is 0. The van der Waals surface area contributed by atoms with Crippen molar-refractivity contribution in [1.82, 2.24) is 4.98 Å². The first-order valence-corrected chi connectivity index (χ1v) is 3.68. The topological polar surface area (TPSA) is 50.9 Å². The maximum Gasteiger partial charge on any atom is 0.128 e. The SMILES string of the molecule is CC#CCNc1cc(N)ccn1. The minimum atomic E-state index is 0.604. The molecule has 3 nitrogen and oxygen atoms in total. The smallest absolute Gasteiger partial charge is 0.128 e. The lowest BCUT2D eigenvalue weighted by Crippen LogP contribution is -2.01. The van der Waals surface area contributed by atoms with Crippen LogP contribution < -0.4 is 11.1 Å². The molecule has 0 radical (unpaired) electrons. The Kier molecular flexibility index (Phi) is 2.97. The van der Waals surface area contributed by atoms with E-state index in [9.17, 15) is 0 Å². The Morgan fingerprint density at radius 2 is 2.50 bits per heavy atom. The van der Waals surface area contributed by atoms with E-state index in [1.807, 2.05) is 0 Å². The molecule has 0 unspecified atom stereocenters. The average Bonchev–Trinajstić information content (AvgIpc) is 2.05. The molecule has 62 valence electrons. The molecule has 0 fully saturated rings. The van der Waals surface area contributed by atoms with Crippen LogP contribution in [0.1, 0.15) is 6.92 Å². The average molecular weight is 161 g/mol. The third-order valence-corrected chi connectivity index (χ3v) is 1.32. The number of hydrogen-bond acceptors (Lipinski definition) is 3. The molecule has 0 saturated heterocycles. The highest BCUT2D eigenvalue weighted by atomic mass is 15.0. The molecule has 0 spiro atoms. The minimum absolute atomic E-state index is 0.604. The molecule has 1 rings (SSSR count). The Hall–Kier alpha value is -1.69. The van der Waals surface area contributed by atoms with Crippen LogP contribution in [0.15, 0.2) is 18.3 Å². The summed E-state index contributed by atoms with van der Waals surface area (Å²) < 4.78 is 0. The fourth-order valence-corrected chi connectivity index (χ4v) is 0.767. The zero-order valence-corrected chi connectivity index (χ0v) is 6.96. The summed E-state index contributed by atoms with van der Waals surface area (Å²) in [5.74, 6) is 6.42. The van der Waals surface area contributed by atoms with Gasteiger partial charge in [-0.3, -0.25) is 0 Å². The van der Waals surface area contributed by atoms with Gasteiger partial charge in [0, 0.05) is 18.0 Å². The van der Waals surface area contributed by atoms with Gasteiger partial charge in [-0.25, -0.2) is 4.98 Å². The normalized spacial score (nSPS) is 8.42. The van der Waals surface area contributed by atoms with E-state index in [1.165, 1.54) is 0 Å². The summed E-state index contributed by atoms with van der Waals surface area (Å²) in [6, 6.07) is 3.52. The Morgan fingerprint density at radius 1 is 1.67 bits per heavy atom. The van der Waals surface area contributed by atoms with Gasteiger partial charge in [0.15, 0.2) is 0 Å². The van der Waals surface area contributed by atoms with Crippen molar-refractivity contribution in [3.05, 3.63) is 18.3 Å². The lowest BCUT2D eigenvalue weighted by atomic mass is 10.4. The fraction of sp³-hybridized carbons (Fsp3) is 0.222. The molecular formula is C9H11N3. The second-order valence-corrected chi connectivity index (χ2v) is 2.25. The third-order valence-electron chi connectivity index (χ3n) is 1.32. The standard InChI is InChI=1S/C9H11N3/c1-2-3-5-11-9-7-8(10)4-6-12-9/h4,6-7H,5H2,1H3,(H3,10,11,12). The number of nitrogens with one attached hydrogen (secondary N) is 1. The van der Waals surface area contributed by atoms with Crippen LogP contribution >= 0.6 is 0 Å². The summed E-state index contributed by atoms with van der Waals surface area (Å²) in [5, 5.41) is 3.02. The van der Waals surface area contributed by atoms with Gasteiger partial charge in [0.25, 0.3) is 0 Å². The number of nitrogens with zero attached hydrogens (tertiary/aromatic N) is 1. The molecule has 0 atom stereocenters. The van der Waals surface area contributed by atoms with Gasteiger partial charge in [0.1, 0.15) is 5.82 Å². The van der Waals surface area contributed by atoms with E-state index < -0.39 is 0 Å². The maximum absolute atomic E-state index is 5.55. The zero-order valence-electron chi connectivity index (χ0n) is 6.96. The summed E-state index contributed by atoms with van der Waals surface area (Å²) in [4.78, 5) is 4.05. The minimum Gasteiger partial charge on any atom is -0.399 e. The van der Waals surface area contributed by atoms with Crippen LogP contribution in [0.3, 0.4) is 0 Å². The summed E-state index contributed by atoms with van der Waals surface area (Å²) in [5.41, 5.74) is 6.25. The molecule has 3 heteroatoms. The highest BCUT2D eigenvalue weighted by Crippen LogP contribution is 2.06. The number of nitrogens with two attached hydrogens (primary N) is 1. The van der Waals surface area contributed by atoms with Gasteiger partial charge in [-0.1, -0.05) is 5.92 Å². The maximum atomic E-state index is 5.55. The van der Waals surface area contributed by atoms with Crippen LogP contribution in [-0.4, -0.2) is 11.5 Å². The van der Waals surface area contributed by atoms with Gasteiger partial charge in [0.2, 0.25) is 0 Å². The largest absolute Gasteiger partial charge is 0.399 e. The summed E-state index contributed by atoms with van der Waals surface area (Å²) >= 11 is 0. The number of aromatic nitrogens is 1. The van der Waals surface area contributed by atoms with E-state index in [4.69, 9.17) is 5.73 Å². The highest BCUT2D eigenvalue weighted by molar-refractivity contribution is 5.48. The second kappa shape index (κ2) is 4.24. The Morgan fingerprint density at radius 3 is 3.17 bits per heavy atom. The van der Waals surface area contributed by atoms with E-state index >= 15 is 0 Å². The number of nitrogen functional groups attached to an aromatic ring is 1. The van der Waals surface area contributed by atoms with Crippen molar-refractivity contribution in [2.75, 3.05) is 17.6 Å². The van der Waals surface area contributed by atoms with Gasteiger partial charge in [-0.05, 0) is 13.0 Å². The predicted molar refractivity (Wildman–Crippen MR) is 50.6 cm³/mol. The van der Waals surface area contributed by atoms with E-state index in [1.54, 1.807) is 25.3 Å². The van der Waals surface area contributed by atoms with Crippen molar-refractivity contribution >= 4 is 11.5 Å². The molecule has 3 N–H and O–H groups in total. The van der Waals surface area contributed by atoms with Gasteiger partial charge in [-0.15, -0.1) is 5.92 Å². The van der Waals surface area contributed by atoms with Crippen molar-refractivity contribution in [2.24, 2.45) is 0 Å². The Balaban J connectivity index is 2.55. The molecule has 1 heterocycles. The highest BCUT2D eigenvalue weighted by Gasteiger charge is 1.90. The molecule has 12 heavy (non-hydrogen) atoms. The first-order valence-electron chi connectivity index (χ1n) is 3.68. The number of anilines is 2. The fourth-order valence-electron chi connectivity index (χ4n) is 0.767. The predicted octanol–water partition coefficient (Wildman–Crippen LogP) is 1.10. The molecule has 0 saturated carbocycles. The van der Waals surface area contributed by atoms with E-state index in [2.05, 4.69) is 22.1 Å². The molecule has 0 aromatic carbocycles. The van der Waals surface area contributed by atoms with Crippen molar-refractivity contribution in [2.45, 2.75) is 6.92 Å². The summed E-state index contributed by atoms with van der Waals surface area (Å²) in [6.45, 7) is 2.40. The van der Waals surface area contributed by atoms with Gasteiger partial charge in [-0.2, -0.15) is 0 Å². The first kappa shape index (κ1) is 8.41. The lowest BCUT2D eigenvalue weighted by molar-refractivity contribution is 1.25. The Bertz CT molecular complexity index is 309. The molecule has 1 aromatic rings. The zero-order chi connectivity index (χ0) is 8.81. The van der Waals surface area contributed by atoms with Crippen LogP contribution in [0, 0.1) is 11.8 Å². The van der Waals surface area contributed by atoms with Gasteiger partial charge in [0.05, 0.1) is 6.54 Å². The molecule has 0 aliphatic carbocycles. The Labute approximate surface area is 72.0 Å². The monoisotopic (exact) mass is 161 g/mol. The van der Waals surface area contributed by atoms with Crippen LogP contribution in [0.4, 0.5) is 11.5 Å². The number of rotatable bonds is 2. The molecule has 1 aromatic heterocycles. The quantitative estimate of drug-likeness (QED) is 0.638. The third kappa shape index (κ3) is 2.51. The van der Waals surface area contributed by atoms with Crippen LogP contribution in [0.5, 0.6) is 0 Å². The van der Waals surface area contributed by atoms with Crippen molar-refractivity contribution in [3.63, 3.8) is 0 Å². The molecular weight excluding hydrogens is 150 g/mol. The number of hydrogen-bond donors (Lipinski definition) is 2. The first-order chi connectivity index (χ1) is 5.83. The van der Waals surface area contributed by atoms with Crippen LogP contribution in [0.25, 0.3) is 0 Å². The van der Waals surface area contributed by atoms with Crippen molar-refractivity contribution in [1.29, 1.82) is 0 Å². The second-order valence-electron chi connectivity index (χ2n) is 2.25. The van der Waals surface area contributed by atoms with E-state index in [0.29, 0.717) is 12.2 Å². The molecule has 0 aliphatic heterocycles. The van der Waals surface area contributed by atoms with E-state index in [-0.39, 0.29) is 0 Å². The summed E-state index contributed by atoms with van der Waals surface area (Å²) in [6.07, 6.45) is 1.66. The van der Waals surface area contributed by atoms with Gasteiger partial charge >= 0.3 is 0 Å². The van der Waals surface area contributed by atoms with Gasteiger partial charge < -0.3 is 11.1 Å². The lowest BCUT2D eigenvalue weighted by Gasteiger charge is -2.00.